The summed E-state index contributed by atoms with van der Waals surface area (Å²) in [5.41, 5.74) is -0.0920. The maximum absolute atomic E-state index is 12.1. The molecule has 27 heavy (non-hydrogen) atoms. The van der Waals surface area contributed by atoms with Crippen LogP contribution >= 0.6 is 22.7 Å². The van der Waals surface area contributed by atoms with Crippen LogP contribution in [-0.2, 0) is 0 Å². The third-order valence-electron chi connectivity index (χ3n) is 3.05. The Morgan fingerprint density at radius 1 is 1.11 bits per heavy atom. The summed E-state index contributed by atoms with van der Waals surface area (Å²) in [6.07, 6.45) is 1.41. The third kappa shape index (κ3) is 4.53. The van der Waals surface area contributed by atoms with Crippen molar-refractivity contribution < 1.29 is 14.6 Å². The van der Waals surface area contributed by atoms with Crippen LogP contribution in [0, 0.1) is 20.2 Å². The Hall–Kier alpha value is -3.58. The van der Waals surface area contributed by atoms with Crippen LogP contribution in [0.4, 0.5) is 21.0 Å². The molecule has 0 aliphatic rings. The van der Waals surface area contributed by atoms with Gasteiger partial charge in [0, 0.05) is 30.0 Å². The lowest BCUT2D eigenvalue weighted by Gasteiger charge is -2.00. The van der Waals surface area contributed by atoms with Crippen molar-refractivity contribution in [1.29, 1.82) is 0 Å². The quantitative estimate of drug-likeness (QED) is 0.375. The molecule has 2 aromatic heterocycles. The average molecular weight is 404 g/mol. The molecular formula is C14H8N6O5S2. The lowest BCUT2D eigenvalue weighted by molar-refractivity contribution is -0.384. The maximum atomic E-state index is 12.1. The van der Waals surface area contributed by atoms with Gasteiger partial charge in [-0.15, -0.1) is 10.2 Å². The number of benzene rings is 1. The number of aromatic nitrogens is 2. The van der Waals surface area contributed by atoms with Gasteiger partial charge in [-0.1, -0.05) is 28.7 Å². The Morgan fingerprint density at radius 3 is 2.63 bits per heavy atom. The minimum absolute atomic E-state index is 0.00128. The fourth-order valence-corrected chi connectivity index (χ4v) is 3.16. The van der Waals surface area contributed by atoms with Crippen molar-refractivity contribution in [2.24, 2.45) is 4.99 Å². The highest BCUT2D eigenvalue weighted by Gasteiger charge is 2.14. The molecule has 0 bridgehead atoms. The molecule has 136 valence electrons. The van der Waals surface area contributed by atoms with Gasteiger partial charge in [0.15, 0.2) is 0 Å². The number of anilines is 1. The van der Waals surface area contributed by atoms with E-state index in [0.29, 0.717) is 4.88 Å². The van der Waals surface area contributed by atoms with E-state index < -0.39 is 15.8 Å². The first kappa shape index (κ1) is 18.2. The summed E-state index contributed by atoms with van der Waals surface area (Å²) >= 11 is 1.95. The summed E-state index contributed by atoms with van der Waals surface area (Å²) in [7, 11) is 0. The van der Waals surface area contributed by atoms with E-state index in [2.05, 4.69) is 20.5 Å². The van der Waals surface area contributed by atoms with Gasteiger partial charge in [-0.2, -0.15) is 0 Å². The van der Waals surface area contributed by atoms with Crippen molar-refractivity contribution >= 4 is 55.7 Å². The maximum Gasteiger partial charge on any atom is 0.324 e. The number of carbonyl (C=O) groups excluding carboxylic acids is 1. The molecule has 0 aliphatic heterocycles. The van der Waals surface area contributed by atoms with Gasteiger partial charge in [0.25, 0.3) is 11.6 Å². The summed E-state index contributed by atoms with van der Waals surface area (Å²) in [5.74, 6) is -0.570. The lowest BCUT2D eigenvalue weighted by Crippen LogP contribution is -2.11. The molecule has 3 rings (SSSR count). The van der Waals surface area contributed by atoms with Crippen molar-refractivity contribution in [3.8, 4) is 0 Å². The number of carbonyl (C=O) groups is 1. The summed E-state index contributed by atoms with van der Waals surface area (Å²) in [6, 6.07) is 8.20. The number of nitrogens with zero attached hydrogens (tertiary/aromatic N) is 5. The fraction of sp³-hybridized carbons (Fsp3) is 0. The molecule has 3 aromatic rings. The average Bonchev–Trinajstić information content (AvgIpc) is 3.29. The lowest BCUT2D eigenvalue weighted by atomic mass is 10.2. The van der Waals surface area contributed by atoms with E-state index >= 15 is 0 Å². The first-order valence-corrected chi connectivity index (χ1v) is 8.73. The van der Waals surface area contributed by atoms with E-state index in [9.17, 15) is 25.0 Å². The zero-order valence-corrected chi connectivity index (χ0v) is 14.8. The molecule has 0 fully saturated rings. The van der Waals surface area contributed by atoms with E-state index in [1.165, 1.54) is 30.5 Å². The van der Waals surface area contributed by atoms with Crippen molar-refractivity contribution in [2.75, 3.05) is 5.32 Å². The summed E-state index contributed by atoms with van der Waals surface area (Å²) < 4.78 is 0. The van der Waals surface area contributed by atoms with Gasteiger partial charge in [0.2, 0.25) is 10.3 Å². The molecule has 0 saturated heterocycles. The van der Waals surface area contributed by atoms with E-state index in [-0.39, 0.29) is 26.5 Å². The Bertz CT molecular complexity index is 1060. The smallest absolute Gasteiger partial charge is 0.296 e. The van der Waals surface area contributed by atoms with Crippen LogP contribution in [0.15, 0.2) is 41.4 Å². The largest absolute Gasteiger partial charge is 0.324 e. The predicted octanol–water partition coefficient (Wildman–Crippen LogP) is 3.42. The number of thiophene rings is 1. The molecule has 0 saturated carbocycles. The topological polar surface area (TPSA) is 154 Å². The minimum atomic E-state index is -0.594. The number of nitro benzene ring substituents is 1. The highest BCUT2D eigenvalue weighted by atomic mass is 32.1. The summed E-state index contributed by atoms with van der Waals surface area (Å²) in [6.45, 7) is 0. The van der Waals surface area contributed by atoms with Crippen LogP contribution in [0.3, 0.4) is 0 Å². The highest BCUT2D eigenvalue weighted by molar-refractivity contribution is 7.19. The SMILES string of the molecule is O=C(Nc1nnc(N=Cc2ccc([N+](=O)[O-])s2)s1)c1cccc([N+](=O)[O-])c1. The number of aliphatic imine (C=N–C) groups is 1. The molecule has 0 atom stereocenters. The zero-order chi connectivity index (χ0) is 19.4. The molecule has 13 heteroatoms. The molecule has 1 amide bonds. The van der Waals surface area contributed by atoms with Crippen molar-refractivity contribution in [3.05, 3.63) is 67.1 Å². The second-order valence-electron chi connectivity index (χ2n) is 4.84. The van der Waals surface area contributed by atoms with Crippen LogP contribution in [0.2, 0.25) is 0 Å². The number of non-ortho nitro benzene ring substituents is 1. The number of hydrogen-bond acceptors (Lipinski definition) is 10. The molecule has 1 aromatic carbocycles. The first-order chi connectivity index (χ1) is 12.9. The van der Waals surface area contributed by atoms with E-state index in [1.54, 1.807) is 6.07 Å². The van der Waals surface area contributed by atoms with E-state index in [4.69, 9.17) is 0 Å². The van der Waals surface area contributed by atoms with Gasteiger partial charge in [0.05, 0.1) is 14.7 Å². The second-order valence-corrected chi connectivity index (χ2v) is 6.89. The van der Waals surface area contributed by atoms with Crippen LogP contribution in [0.5, 0.6) is 0 Å². The standard InChI is InChI=1S/C14H8N6O5S2/c21-12(8-2-1-3-9(6-8)19(22)23)16-14-18-17-13(27-14)15-7-10-4-5-11(26-10)20(24)25/h1-7H,(H,16,18,21). The van der Waals surface area contributed by atoms with Gasteiger partial charge in [-0.25, -0.2) is 4.99 Å². The number of amides is 1. The molecule has 11 nitrogen and oxygen atoms in total. The normalized spacial score (nSPS) is 10.8. The third-order valence-corrected chi connectivity index (χ3v) is 4.77. The van der Waals surface area contributed by atoms with Crippen molar-refractivity contribution in [2.45, 2.75) is 0 Å². The number of nitrogens with one attached hydrogen (secondary N) is 1. The van der Waals surface area contributed by atoms with Crippen LogP contribution in [-0.4, -0.2) is 32.2 Å². The second kappa shape index (κ2) is 7.76. The number of rotatable bonds is 6. The number of nitro groups is 2. The Morgan fingerprint density at radius 2 is 1.93 bits per heavy atom. The molecule has 0 aliphatic carbocycles. The fourth-order valence-electron chi connectivity index (χ4n) is 1.88. The highest BCUT2D eigenvalue weighted by Crippen LogP contribution is 2.26. The van der Waals surface area contributed by atoms with Gasteiger partial charge in [0.1, 0.15) is 0 Å². The monoisotopic (exact) mass is 404 g/mol. The van der Waals surface area contributed by atoms with Crippen molar-refractivity contribution in [3.63, 3.8) is 0 Å². The van der Waals surface area contributed by atoms with Crippen LogP contribution < -0.4 is 5.32 Å². The van der Waals surface area contributed by atoms with Gasteiger partial charge < -0.3 is 0 Å². The molecule has 1 N–H and O–H groups in total. The van der Waals surface area contributed by atoms with Crippen LogP contribution in [0.1, 0.15) is 15.2 Å². The summed E-state index contributed by atoms with van der Waals surface area (Å²) in [5, 5.41) is 31.8. The molecular weight excluding hydrogens is 396 g/mol. The first-order valence-electron chi connectivity index (χ1n) is 7.10. The molecule has 0 unspecified atom stereocenters. The van der Waals surface area contributed by atoms with E-state index in [0.717, 1.165) is 28.7 Å². The van der Waals surface area contributed by atoms with Gasteiger partial charge in [-0.05, 0) is 12.1 Å². The van der Waals surface area contributed by atoms with E-state index in [1.807, 2.05) is 0 Å². The molecule has 0 radical (unpaired) electrons. The predicted molar refractivity (Wildman–Crippen MR) is 99.2 cm³/mol. The Kier molecular flexibility index (Phi) is 5.23. The van der Waals surface area contributed by atoms with Gasteiger partial charge >= 0.3 is 5.00 Å². The molecule has 2 heterocycles. The zero-order valence-electron chi connectivity index (χ0n) is 13.1. The Balaban J connectivity index is 1.67. The number of hydrogen-bond donors (Lipinski definition) is 1. The van der Waals surface area contributed by atoms with Gasteiger partial charge in [-0.3, -0.25) is 30.3 Å². The Labute approximate surface area is 158 Å². The summed E-state index contributed by atoms with van der Waals surface area (Å²) in [4.78, 5) is 37.1. The minimum Gasteiger partial charge on any atom is -0.296 e. The van der Waals surface area contributed by atoms with Crippen LogP contribution in [0.25, 0.3) is 0 Å². The molecule has 0 spiro atoms. The van der Waals surface area contributed by atoms with Crippen molar-refractivity contribution in [1.82, 2.24) is 10.2 Å².